The molecular weight excluding hydrogens is 432 g/mol. The number of carboxylic acids is 1. The predicted octanol–water partition coefficient (Wildman–Crippen LogP) is 1.26. The highest BCUT2D eigenvalue weighted by atomic mass is 35.5. The number of aromatic nitrogens is 2. The zero-order chi connectivity index (χ0) is 19.9. The molecule has 3 aromatic rings. The Morgan fingerprint density at radius 3 is 2.43 bits per heavy atom. The molecule has 3 rings (SSSR count). The number of hydrogen-bond donors (Lipinski definition) is 4. The maximum absolute atomic E-state index is 12.5. The number of aromatic carboxylic acids is 1. The number of halogens is 1. The van der Waals surface area contributed by atoms with Crippen molar-refractivity contribution in [3.05, 3.63) is 57.3 Å². The first-order chi connectivity index (χ1) is 12.6. The number of sulfonamides is 1. The second kappa shape index (κ2) is 7.69. The molecule has 148 valence electrons. The molecule has 0 aliphatic rings. The van der Waals surface area contributed by atoms with E-state index in [0.717, 1.165) is 6.07 Å². The number of primary sulfonamides is 1. The first-order valence-electron chi connectivity index (χ1n) is 7.20. The summed E-state index contributed by atoms with van der Waals surface area (Å²) in [5.41, 5.74) is 3.38. The molecule has 0 unspecified atom stereocenters. The second-order valence-corrected chi connectivity index (χ2v) is 7.76. The van der Waals surface area contributed by atoms with Crippen LogP contribution in [0.25, 0.3) is 11.0 Å². The lowest BCUT2D eigenvalue weighted by atomic mass is 10.2. The van der Waals surface area contributed by atoms with Crippen LogP contribution in [0.2, 0.25) is 5.02 Å². The fourth-order valence-corrected chi connectivity index (χ4v) is 3.71. The van der Waals surface area contributed by atoms with Gasteiger partial charge in [0.05, 0.1) is 21.6 Å². The van der Waals surface area contributed by atoms with Gasteiger partial charge in [0.2, 0.25) is 10.0 Å². The molecule has 0 bridgehead atoms. The summed E-state index contributed by atoms with van der Waals surface area (Å²) in [4.78, 5) is 26.0. The van der Waals surface area contributed by atoms with Crippen LogP contribution in [0, 0.1) is 4.77 Å². The molecule has 0 aliphatic heterocycles. The first kappa shape index (κ1) is 21.5. The zero-order valence-electron chi connectivity index (χ0n) is 13.8. The third-order valence-corrected chi connectivity index (χ3v) is 5.32. The number of imidazole rings is 1. The van der Waals surface area contributed by atoms with E-state index in [1.165, 1.54) is 35.0 Å². The summed E-state index contributed by atoms with van der Waals surface area (Å²) >= 11 is 11.0. The van der Waals surface area contributed by atoms with Crippen LogP contribution < -0.4 is 10.6 Å². The highest BCUT2D eigenvalue weighted by molar-refractivity contribution is 7.89. The molecule has 1 heterocycles. The van der Waals surface area contributed by atoms with Crippen molar-refractivity contribution in [2.24, 2.45) is 5.14 Å². The van der Waals surface area contributed by atoms with Crippen LogP contribution in [0.5, 0.6) is 0 Å². The summed E-state index contributed by atoms with van der Waals surface area (Å²) in [7, 11) is -4.11. The molecule has 0 spiro atoms. The number of rotatable bonds is 4. The van der Waals surface area contributed by atoms with E-state index in [4.69, 9.17) is 34.1 Å². The molecule has 10 nitrogen and oxygen atoms in total. The smallest absolute Gasteiger partial charge is 0.335 e. The fourth-order valence-electron chi connectivity index (χ4n) is 2.38. The molecule has 0 saturated carbocycles. The number of H-pyrrole nitrogens is 1. The van der Waals surface area contributed by atoms with Gasteiger partial charge in [-0.25, -0.2) is 23.0 Å². The summed E-state index contributed by atoms with van der Waals surface area (Å²) in [6, 6.07) is 7.82. The van der Waals surface area contributed by atoms with Crippen LogP contribution in [-0.4, -0.2) is 40.5 Å². The van der Waals surface area contributed by atoms with Crippen molar-refractivity contribution in [2.45, 2.75) is 4.90 Å². The topological polar surface area (TPSA) is 179 Å². The van der Waals surface area contributed by atoms with Gasteiger partial charge in [-0.2, -0.15) is 0 Å². The van der Waals surface area contributed by atoms with Crippen molar-refractivity contribution in [3.8, 4) is 0 Å². The van der Waals surface area contributed by atoms with Gasteiger partial charge in [-0.3, -0.25) is 10.2 Å². The average molecular weight is 445 g/mol. The molecule has 28 heavy (non-hydrogen) atoms. The van der Waals surface area contributed by atoms with E-state index in [1.54, 1.807) is 0 Å². The molecule has 0 fully saturated rings. The van der Waals surface area contributed by atoms with Crippen LogP contribution >= 0.6 is 23.8 Å². The molecule has 0 radical (unpaired) electrons. The largest absolute Gasteiger partial charge is 0.478 e. The lowest BCUT2D eigenvalue weighted by Gasteiger charge is -2.09. The Morgan fingerprint density at radius 1 is 1.18 bits per heavy atom. The average Bonchev–Trinajstić information content (AvgIpc) is 2.89. The minimum Gasteiger partial charge on any atom is -0.478 e. The molecule has 7 N–H and O–H groups in total. The Hall–Kier alpha value is -2.77. The SMILES string of the molecule is NS(=O)(=O)c1cc(C(=O)Nn2c(=S)[nH]c3cc(C(=O)O)ccc32)ccc1Cl.O. The monoisotopic (exact) mass is 444 g/mol. The number of nitrogens with two attached hydrogens (primary N) is 1. The summed E-state index contributed by atoms with van der Waals surface area (Å²) in [6.07, 6.45) is 0. The number of hydrogen-bond acceptors (Lipinski definition) is 5. The number of aromatic amines is 1. The molecule has 1 aromatic heterocycles. The Balaban J connectivity index is 0.00000280. The van der Waals surface area contributed by atoms with E-state index in [-0.39, 0.29) is 31.3 Å². The number of nitrogens with one attached hydrogen (secondary N) is 2. The Morgan fingerprint density at radius 2 is 1.82 bits per heavy atom. The molecule has 0 aliphatic carbocycles. The highest BCUT2D eigenvalue weighted by Gasteiger charge is 2.17. The number of nitrogens with zero attached hydrogens (tertiary/aromatic N) is 1. The van der Waals surface area contributed by atoms with Gasteiger partial charge < -0.3 is 15.6 Å². The second-order valence-electron chi connectivity index (χ2n) is 5.43. The summed E-state index contributed by atoms with van der Waals surface area (Å²) in [5.74, 6) is -1.78. The van der Waals surface area contributed by atoms with Gasteiger partial charge in [0, 0.05) is 5.56 Å². The maximum atomic E-state index is 12.5. The minimum absolute atomic E-state index is 0. The third-order valence-electron chi connectivity index (χ3n) is 3.64. The molecular formula is C15H13ClN4O6S2. The van der Waals surface area contributed by atoms with E-state index in [2.05, 4.69) is 10.4 Å². The minimum atomic E-state index is -4.11. The summed E-state index contributed by atoms with van der Waals surface area (Å²) < 4.78 is 24.4. The number of benzene rings is 2. The van der Waals surface area contributed by atoms with Gasteiger partial charge in [0.1, 0.15) is 4.90 Å². The molecule has 1 amide bonds. The van der Waals surface area contributed by atoms with E-state index >= 15 is 0 Å². The van der Waals surface area contributed by atoms with Gasteiger partial charge in [-0.15, -0.1) is 0 Å². The van der Waals surface area contributed by atoms with Gasteiger partial charge in [0.15, 0.2) is 4.77 Å². The lowest BCUT2D eigenvalue weighted by Crippen LogP contribution is -2.23. The van der Waals surface area contributed by atoms with Crippen molar-refractivity contribution in [2.75, 3.05) is 5.43 Å². The third kappa shape index (κ3) is 4.05. The zero-order valence-corrected chi connectivity index (χ0v) is 16.2. The normalized spacial score (nSPS) is 11.1. The van der Waals surface area contributed by atoms with Crippen molar-refractivity contribution >= 4 is 56.8 Å². The number of fused-ring (bicyclic) bond motifs is 1. The number of amides is 1. The van der Waals surface area contributed by atoms with E-state index in [1.807, 2.05) is 0 Å². The summed E-state index contributed by atoms with van der Waals surface area (Å²) in [6.45, 7) is 0. The van der Waals surface area contributed by atoms with Crippen LogP contribution in [0.4, 0.5) is 0 Å². The van der Waals surface area contributed by atoms with Gasteiger partial charge >= 0.3 is 5.97 Å². The Bertz CT molecular complexity index is 1270. The molecule has 13 heteroatoms. The quantitative estimate of drug-likeness (QED) is 0.439. The van der Waals surface area contributed by atoms with Gasteiger partial charge in [-0.1, -0.05) is 11.6 Å². The molecule has 0 atom stereocenters. The fraction of sp³-hybridized carbons (Fsp3) is 0. The Labute approximate surface area is 167 Å². The van der Waals surface area contributed by atoms with Crippen LogP contribution in [-0.2, 0) is 10.0 Å². The van der Waals surface area contributed by atoms with Gasteiger partial charge in [-0.05, 0) is 48.6 Å². The van der Waals surface area contributed by atoms with Crippen molar-refractivity contribution in [1.29, 1.82) is 0 Å². The van der Waals surface area contributed by atoms with Gasteiger partial charge in [0.25, 0.3) is 5.91 Å². The van der Waals surface area contributed by atoms with Crippen molar-refractivity contribution in [3.63, 3.8) is 0 Å². The maximum Gasteiger partial charge on any atom is 0.335 e. The number of carbonyl (C=O) groups is 2. The number of carbonyl (C=O) groups excluding carboxylic acids is 1. The Kier molecular flexibility index (Phi) is 5.91. The summed E-state index contributed by atoms with van der Waals surface area (Å²) in [5, 5.41) is 14.0. The number of carboxylic acid groups (broad SMARTS) is 1. The highest BCUT2D eigenvalue weighted by Crippen LogP contribution is 2.22. The van der Waals surface area contributed by atoms with Crippen molar-refractivity contribution < 1.29 is 28.6 Å². The van der Waals surface area contributed by atoms with E-state index in [0.29, 0.717) is 11.0 Å². The van der Waals surface area contributed by atoms with E-state index < -0.39 is 21.9 Å². The predicted molar refractivity (Wildman–Crippen MR) is 104 cm³/mol. The first-order valence-corrected chi connectivity index (χ1v) is 9.53. The van der Waals surface area contributed by atoms with E-state index in [9.17, 15) is 18.0 Å². The van der Waals surface area contributed by atoms with Crippen LogP contribution in [0.15, 0.2) is 41.3 Å². The van der Waals surface area contributed by atoms with Crippen LogP contribution in [0.1, 0.15) is 20.7 Å². The standard InChI is InChI=1S/C15H11ClN4O5S2.H2O/c16-9-3-1-7(6-12(9)27(17,24)25)13(21)19-20-11-4-2-8(14(22)23)5-10(11)18-15(20)26;/h1-6H,(H,18,26)(H,19,21)(H,22,23)(H2,17,24,25);1H2. The molecule has 2 aromatic carbocycles. The lowest BCUT2D eigenvalue weighted by molar-refractivity contribution is 0.0696. The van der Waals surface area contributed by atoms with Crippen LogP contribution in [0.3, 0.4) is 0 Å². The molecule has 0 saturated heterocycles. The van der Waals surface area contributed by atoms with Crippen molar-refractivity contribution in [1.82, 2.24) is 9.66 Å².